The van der Waals surface area contributed by atoms with Gasteiger partial charge in [-0.05, 0) is 51.7 Å². The highest BCUT2D eigenvalue weighted by atomic mass is 28.4. The molecular formula is C18H30O4Si. The van der Waals surface area contributed by atoms with Crippen molar-refractivity contribution < 1.29 is 18.8 Å². The highest BCUT2D eigenvalue weighted by Gasteiger charge is 2.81. The largest absolute Gasteiger partial charge is 0.465 e. The summed E-state index contributed by atoms with van der Waals surface area (Å²) in [6.45, 7) is 10.8. The first-order chi connectivity index (χ1) is 10.7. The Labute approximate surface area is 140 Å². The third kappa shape index (κ3) is 2.19. The summed E-state index contributed by atoms with van der Waals surface area (Å²) in [5.41, 5.74) is -1.17. The Morgan fingerprint density at radius 1 is 1.26 bits per heavy atom. The predicted octanol–water partition coefficient (Wildman–Crippen LogP) is 3.56. The summed E-state index contributed by atoms with van der Waals surface area (Å²) in [5.74, 6) is 0.167. The molecule has 3 aliphatic rings. The van der Waals surface area contributed by atoms with Crippen LogP contribution in [0.5, 0.6) is 0 Å². The summed E-state index contributed by atoms with van der Waals surface area (Å²) in [6.07, 6.45) is 4.58. The number of rotatable bonds is 4. The number of carbonyl (C=O) groups is 2. The molecule has 3 fully saturated rings. The first-order valence-corrected chi connectivity index (χ1v) is 12.5. The van der Waals surface area contributed by atoms with E-state index in [4.69, 9.17) is 9.16 Å². The van der Waals surface area contributed by atoms with Crippen molar-refractivity contribution in [3.8, 4) is 0 Å². The summed E-state index contributed by atoms with van der Waals surface area (Å²) in [6, 6.07) is 0. The Kier molecular flexibility index (Phi) is 4.04. The molecule has 0 N–H and O–H groups in total. The minimum Gasteiger partial charge on any atom is -0.465 e. The Balaban J connectivity index is 2.08. The van der Waals surface area contributed by atoms with Crippen molar-refractivity contribution in [2.24, 2.45) is 23.2 Å². The Hall–Kier alpha value is -0.683. The number of ketones is 1. The lowest BCUT2D eigenvalue weighted by Gasteiger charge is -2.68. The van der Waals surface area contributed by atoms with E-state index in [0.29, 0.717) is 6.61 Å². The maximum Gasteiger partial charge on any atom is 0.315 e. The lowest BCUT2D eigenvalue weighted by molar-refractivity contribution is -0.260. The molecule has 0 radical (unpaired) electrons. The molecule has 0 amide bonds. The van der Waals surface area contributed by atoms with Gasteiger partial charge in [0.1, 0.15) is 11.2 Å². The Bertz CT molecular complexity index is 526. The molecule has 130 valence electrons. The Morgan fingerprint density at radius 3 is 2.52 bits per heavy atom. The van der Waals surface area contributed by atoms with E-state index in [0.717, 1.165) is 32.1 Å². The third-order valence-electron chi connectivity index (χ3n) is 6.18. The third-order valence-corrected chi connectivity index (χ3v) is 7.16. The fourth-order valence-corrected chi connectivity index (χ4v) is 7.20. The number of hydrogen-bond donors (Lipinski definition) is 0. The molecule has 5 heteroatoms. The average molecular weight is 339 g/mol. The highest BCUT2D eigenvalue weighted by Crippen LogP contribution is 2.72. The maximum atomic E-state index is 13.0. The van der Waals surface area contributed by atoms with Crippen molar-refractivity contribution in [1.29, 1.82) is 0 Å². The molecule has 3 aliphatic carbocycles. The second-order valence-corrected chi connectivity index (χ2v) is 13.1. The van der Waals surface area contributed by atoms with Gasteiger partial charge in [-0.1, -0.05) is 19.8 Å². The van der Waals surface area contributed by atoms with Gasteiger partial charge in [0.2, 0.25) is 0 Å². The van der Waals surface area contributed by atoms with Gasteiger partial charge in [-0.15, -0.1) is 0 Å². The van der Waals surface area contributed by atoms with Crippen molar-refractivity contribution in [2.75, 3.05) is 6.61 Å². The summed E-state index contributed by atoms with van der Waals surface area (Å²) >= 11 is 0. The van der Waals surface area contributed by atoms with Crippen molar-refractivity contribution >= 4 is 20.1 Å². The molecule has 0 spiro atoms. The average Bonchev–Trinajstić information content (AvgIpc) is 2.71. The van der Waals surface area contributed by atoms with Crippen LogP contribution < -0.4 is 0 Å². The fourth-order valence-electron chi connectivity index (χ4n) is 5.67. The van der Waals surface area contributed by atoms with Crippen LogP contribution in [0.1, 0.15) is 46.0 Å². The molecule has 3 saturated carbocycles. The molecule has 0 heterocycles. The molecule has 0 aromatic carbocycles. The molecule has 3 rings (SSSR count). The van der Waals surface area contributed by atoms with Gasteiger partial charge >= 0.3 is 5.97 Å². The Morgan fingerprint density at radius 2 is 1.91 bits per heavy atom. The molecular weight excluding hydrogens is 308 g/mol. The zero-order chi connectivity index (χ0) is 17.0. The quantitative estimate of drug-likeness (QED) is 0.581. The minimum absolute atomic E-state index is 0.0454. The van der Waals surface area contributed by atoms with Crippen LogP contribution in [0.3, 0.4) is 0 Å². The topological polar surface area (TPSA) is 52.6 Å². The second-order valence-electron chi connectivity index (χ2n) is 8.63. The predicted molar refractivity (Wildman–Crippen MR) is 90.5 cm³/mol. The molecule has 0 aromatic rings. The maximum absolute atomic E-state index is 13.0. The van der Waals surface area contributed by atoms with E-state index in [-0.39, 0.29) is 29.5 Å². The summed E-state index contributed by atoms with van der Waals surface area (Å²) in [5, 5.41) is 0. The van der Waals surface area contributed by atoms with Gasteiger partial charge in [0, 0.05) is 11.8 Å². The van der Waals surface area contributed by atoms with Crippen LogP contribution in [0.4, 0.5) is 0 Å². The molecule has 0 aliphatic heterocycles. The van der Waals surface area contributed by atoms with Gasteiger partial charge in [-0.2, -0.15) is 0 Å². The van der Waals surface area contributed by atoms with Crippen LogP contribution >= 0.6 is 0 Å². The van der Waals surface area contributed by atoms with Gasteiger partial charge in [-0.25, -0.2) is 0 Å². The molecule has 0 bridgehead atoms. The monoisotopic (exact) mass is 338 g/mol. The van der Waals surface area contributed by atoms with Crippen molar-refractivity contribution in [3.63, 3.8) is 0 Å². The van der Waals surface area contributed by atoms with Crippen molar-refractivity contribution in [1.82, 2.24) is 0 Å². The SMILES string of the molecule is CCOC(=O)[C@@]12CCCC[C@]1(O[Si](C)(C)C)[C@H]1C[C@H](C)C(=O)[C@H]12. The number of carbonyl (C=O) groups excluding carboxylic acids is 2. The van der Waals surface area contributed by atoms with Crippen LogP contribution in [0.2, 0.25) is 19.6 Å². The van der Waals surface area contributed by atoms with Crippen LogP contribution in [0, 0.1) is 23.2 Å². The van der Waals surface area contributed by atoms with Crippen LogP contribution in [-0.4, -0.2) is 32.3 Å². The first kappa shape index (κ1) is 17.2. The summed E-state index contributed by atoms with van der Waals surface area (Å²) < 4.78 is 12.2. The first-order valence-electron chi connectivity index (χ1n) is 9.11. The number of ether oxygens (including phenoxy) is 1. The van der Waals surface area contributed by atoms with Gasteiger partial charge in [0.25, 0.3) is 0 Å². The van der Waals surface area contributed by atoms with E-state index < -0.39 is 19.3 Å². The van der Waals surface area contributed by atoms with Crippen molar-refractivity contribution in [3.05, 3.63) is 0 Å². The van der Waals surface area contributed by atoms with E-state index in [1.807, 2.05) is 13.8 Å². The molecule has 4 nitrogen and oxygen atoms in total. The number of hydrogen-bond acceptors (Lipinski definition) is 4. The number of fused-ring (bicyclic) bond motifs is 4. The lowest BCUT2D eigenvalue weighted by Crippen LogP contribution is -2.77. The van der Waals surface area contributed by atoms with Crippen LogP contribution in [0.15, 0.2) is 0 Å². The van der Waals surface area contributed by atoms with Gasteiger partial charge in [0.15, 0.2) is 8.32 Å². The molecule has 0 saturated heterocycles. The van der Waals surface area contributed by atoms with Crippen LogP contribution in [0.25, 0.3) is 0 Å². The lowest BCUT2D eigenvalue weighted by atomic mass is 9.40. The molecule has 0 unspecified atom stereocenters. The molecule has 23 heavy (non-hydrogen) atoms. The molecule has 5 atom stereocenters. The van der Waals surface area contributed by atoms with E-state index in [2.05, 4.69) is 19.6 Å². The van der Waals surface area contributed by atoms with E-state index in [1.165, 1.54) is 0 Å². The number of esters is 1. The second kappa shape index (κ2) is 5.41. The summed E-state index contributed by atoms with van der Waals surface area (Å²) in [7, 11) is -1.85. The van der Waals surface area contributed by atoms with Crippen molar-refractivity contribution in [2.45, 2.75) is 71.2 Å². The van der Waals surface area contributed by atoms with Gasteiger partial charge in [0.05, 0.1) is 12.2 Å². The van der Waals surface area contributed by atoms with Crippen LogP contribution in [-0.2, 0) is 18.8 Å². The standard InChI is InChI=1S/C18H30O4Si/c1-6-21-16(20)17-9-7-8-10-18(17,22-23(3,4)5)13-11-12(2)15(19)14(13)17/h12-14H,6-11H2,1-5H3/t12-,13-,14-,17-,18-/m0/s1. The van der Waals surface area contributed by atoms with Gasteiger partial charge in [-0.3, -0.25) is 9.59 Å². The normalized spacial score (nSPS) is 42.7. The van der Waals surface area contributed by atoms with E-state index >= 15 is 0 Å². The van der Waals surface area contributed by atoms with E-state index in [1.54, 1.807) is 0 Å². The number of Topliss-reactive ketones (excluding diaryl/α,β-unsaturated/α-hetero) is 1. The summed E-state index contributed by atoms with van der Waals surface area (Å²) in [4.78, 5) is 25.8. The minimum atomic E-state index is -1.85. The fraction of sp³-hybridized carbons (Fsp3) is 0.889. The zero-order valence-corrected chi connectivity index (χ0v) is 16.1. The zero-order valence-electron chi connectivity index (χ0n) is 15.1. The molecule has 0 aromatic heterocycles. The smallest absolute Gasteiger partial charge is 0.315 e. The highest BCUT2D eigenvalue weighted by molar-refractivity contribution is 6.69. The van der Waals surface area contributed by atoms with Gasteiger partial charge < -0.3 is 9.16 Å². The van der Waals surface area contributed by atoms with E-state index in [9.17, 15) is 9.59 Å².